The number of hydrogen-bond donors (Lipinski definition) is 3. The molecule has 0 saturated carbocycles. The lowest BCUT2D eigenvalue weighted by molar-refractivity contribution is -0.173. The number of amides is 3. The standard InChI is InChI=1S/C20H28F3N3O4/c1-19(2,3)30-18(29)26-15(11-7-8-12-24-17(28)20(21,22)23)16(27)25-13-14-9-5-4-6-10-14/h4-6,9-10,15H,7-8,11-13H2,1-3H3,(H,24,28)(H,25,27)(H,26,29)/t15-/m0/s1. The van der Waals surface area contributed by atoms with Crippen LogP contribution in [0.3, 0.4) is 0 Å². The van der Waals surface area contributed by atoms with Gasteiger partial charge in [-0.05, 0) is 45.6 Å². The van der Waals surface area contributed by atoms with Gasteiger partial charge in [0, 0.05) is 13.1 Å². The first-order valence-electron chi connectivity index (χ1n) is 9.54. The van der Waals surface area contributed by atoms with Crippen molar-refractivity contribution in [2.75, 3.05) is 6.54 Å². The maximum absolute atomic E-state index is 12.5. The molecule has 0 aliphatic rings. The van der Waals surface area contributed by atoms with E-state index in [1.165, 1.54) is 0 Å². The Kier molecular flexibility index (Phi) is 9.61. The number of benzene rings is 1. The summed E-state index contributed by atoms with van der Waals surface area (Å²) in [5, 5.41) is 6.98. The van der Waals surface area contributed by atoms with Crippen molar-refractivity contribution in [3.63, 3.8) is 0 Å². The molecule has 7 nitrogen and oxygen atoms in total. The third kappa shape index (κ3) is 10.7. The van der Waals surface area contributed by atoms with Gasteiger partial charge >= 0.3 is 18.2 Å². The zero-order valence-electron chi connectivity index (χ0n) is 17.3. The number of carbonyl (C=O) groups is 3. The molecular weight excluding hydrogens is 403 g/mol. The van der Waals surface area contributed by atoms with Gasteiger partial charge in [-0.1, -0.05) is 30.3 Å². The summed E-state index contributed by atoms with van der Waals surface area (Å²) in [6.45, 7) is 5.11. The normalized spacial score (nSPS) is 12.6. The van der Waals surface area contributed by atoms with E-state index < -0.39 is 35.7 Å². The van der Waals surface area contributed by atoms with Crippen molar-refractivity contribution in [3.8, 4) is 0 Å². The van der Waals surface area contributed by atoms with E-state index in [1.807, 2.05) is 30.3 Å². The molecule has 1 aromatic rings. The topological polar surface area (TPSA) is 96.5 Å². The summed E-state index contributed by atoms with van der Waals surface area (Å²) in [5.41, 5.74) is 0.119. The van der Waals surface area contributed by atoms with Crippen LogP contribution in [0.4, 0.5) is 18.0 Å². The van der Waals surface area contributed by atoms with Gasteiger partial charge in [0.15, 0.2) is 0 Å². The predicted octanol–water partition coefficient (Wildman–Crippen LogP) is 3.04. The highest BCUT2D eigenvalue weighted by Gasteiger charge is 2.38. The number of unbranched alkanes of at least 4 members (excludes halogenated alkanes) is 1. The van der Waals surface area contributed by atoms with E-state index in [-0.39, 0.29) is 25.9 Å². The zero-order chi connectivity index (χ0) is 22.8. The van der Waals surface area contributed by atoms with Gasteiger partial charge in [-0.15, -0.1) is 0 Å². The van der Waals surface area contributed by atoms with Crippen molar-refractivity contribution < 1.29 is 32.3 Å². The summed E-state index contributed by atoms with van der Waals surface area (Å²) in [7, 11) is 0. The lowest BCUT2D eigenvalue weighted by Crippen LogP contribution is -2.48. The number of alkyl halides is 3. The van der Waals surface area contributed by atoms with Crippen molar-refractivity contribution in [1.29, 1.82) is 0 Å². The Morgan fingerprint density at radius 1 is 1.00 bits per heavy atom. The Hall–Kier alpha value is -2.78. The fourth-order valence-corrected chi connectivity index (χ4v) is 2.40. The first-order chi connectivity index (χ1) is 13.9. The number of halogens is 3. The van der Waals surface area contributed by atoms with E-state index in [4.69, 9.17) is 4.74 Å². The number of ether oxygens (including phenoxy) is 1. The molecule has 0 aliphatic carbocycles. The molecule has 1 rings (SSSR count). The molecule has 1 aromatic carbocycles. The Labute approximate surface area is 173 Å². The molecule has 30 heavy (non-hydrogen) atoms. The Morgan fingerprint density at radius 2 is 1.63 bits per heavy atom. The third-order valence-corrected chi connectivity index (χ3v) is 3.78. The van der Waals surface area contributed by atoms with Gasteiger partial charge < -0.3 is 20.7 Å². The van der Waals surface area contributed by atoms with Crippen LogP contribution >= 0.6 is 0 Å². The van der Waals surface area contributed by atoms with Crippen LogP contribution in [-0.4, -0.2) is 42.3 Å². The van der Waals surface area contributed by atoms with E-state index in [0.717, 1.165) is 5.56 Å². The van der Waals surface area contributed by atoms with Crippen LogP contribution in [0.2, 0.25) is 0 Å². The fourth-order valence-electron chi connectivity index (χ4n) is 2.40. The molecule has 0 radical (unpaired) electrons. The highest BCUT2D eigenvalue weighted by molar-refractivity contribution is 5.85. The molecule has 3 amide bonds. The number of alkyl carbamates (subject to hydrolysis) is 1. The molecular formula is C20H28F3N3O4. The summed E-state index contributed by atoms with van der Waals surface area (Å²) in [6.07, 6.45) is -5.02. The quantitative estimate of drug-likeness (QED) is 0.524. The highest BCUT2D eigenvalue weighted by atomic mass is 19.4. The van der Waals surface area contributed by atoms with Crippen LogP contribution in [0.15, 0.2) is 30.3 Å². The Morgan fingerprint density at radius 3 is 2.20 bits per heavy atom. The minimum Gasteiger partial charge on any atom is -0.444 e. The molecule has 1 atom stereocenters. The van der Waals surface area contributed by atoms with Crippen LogP contribution in [0.25, 0.3) is 0 Å². The summed E-state index contributed by atoms with van der Waals surface area (Å²) >= 11 is 0. The van der Waals surface area contributed by atoms with E-state index in [0.29, 0.717) is 6.42 Å². The molecule has 0 fully saturated rings. The average Bonchev–Trinajstić information content (AvgIpc) is 2.63. The molecule has 3 N–H and O–H groups in total. The largest absolute Gasteiger partial charge is 0.471 e. The first kappa shape index (κ1) is 25.3. The van der Waals surface area contributed by atoms with Crippen molar-refractivity contribution >= 4 is 17.9 Å². The molecule has 0 bridgehead atoms. The second-order valence-corrected chi connectivity index (χ2v) is 7.65. The third-order valence-electron chi connectivity index (χ3n) is 3.78. The SMILES string of the molecule is CC(C)(C)OC(=O)N[C@@H](CCCCNC(=O)C(F)(F)F)C(=O)NCc1ccccc1. The Balaban J connectivity index is 2.57. The summed E-state index contributed by atoms with van der Waals surface area (Å²) in [6, 6.07) is 8.23. The van der Waals surface area contributed by atoms with Gasteiger partial charge in [-0.3, -0.25) is 9.59 Å². The Bertz CT molecular complexity index is 703. The maximum Gasteiger partial charge on any atom is 0.471 e. The first-order valence-corrected chi connectivity index (χ1v) is 9.54. The number of hydrogen-bond acceptors (Lipinski definition) is 4. The van der Waals surface area contributed by atoms with Crippen molar-refractivity contribution in [2.24, 2.45) is 0 Å². The van der Waals surface area contributed by atoms with E-state index in [1.54, 1.807) is 26.1 Å². The van der Waals surface area contributed by atoms with Crippen LogP contribution < -0.4 is 16.0 Å². The lowest BCUT2D eigenvalue weighted by atomic mass is 10.1. The molecule has 0 spiro atoms. The molecule has 0 heterocycles. The van der Waals surface area contributed by atoms with Crippen LogP contribution in [0.1, 0.15) is 45.6 Å². The van der Waals surface area contributed by atoms with Crippen molar-refractivity contribution in [1.82, 2.24) is 16.0 Å². The van der Waals surface area contributed by atoms with Gasteiger partial charge in [-0.25, -0.2) is 4.79 Å². The van der Waals surface area contributed by atoms with Crippen molar-refractivity contribution in [3.05, 3.63) is 35.9 Å². The fraction of sp³-hybridized carbons (Fsp3) is 0.550. The van der Waals surface area contributed by atoms with Gasteiger partial charge in [-0.2, -0.15) is 13.2 Å². The summed E-state index contributed by atoms with van der Waals surface area (Å²) < 4.78 is 41.7. The van der Waals surface area contributed by atoms with Gasteiger partial charge in [0.05, 0.1) is 0 Å². The summed E-state index contributed by atoms with van der Waals surface area (Å²) in [4.78, 5) is 35.4. The predicted molar refractivity (Wildman–Crippen MR) is 104 cm³/mol. The molecule has 168 valence electrons. The van der Waals surface area contributed by atoms with E-state index in [2.05, 4.69) is 10.6 Å². The molecule has 0 saturated heterocycles. The molecule has 0 unspecified atom stereocenters. The molecule has 0 aromatic heterocycles. The van der Waals surface area contributed by atoms with Crippen LogP contribution in [-0.2, 0) is 20.9 Å². The van der Waals surface area contributed by atoms with Crippen molar-refractivity contribution in [2.45, 2.75) is 64.4 Å². The van der Waals surface area contributed by atoms with Gasteiger partial charge in [0.2, 0.25) is 5.91 Å². The second-order valence-electron chi connectivity index (χ2n) is 7.65. The molecule has 0 aliphatic heterocycles. The van der Waals surface area contributed by atoms with Crippen LogP contribution in [0, 0.1) is 0 Å². The minimum absolute atomic E-state index is 0.168. The highest BCUT2D eigenvalue weighted by Crippen LogP contribution is 2.14. The van der Waals surface area contributed by atoms with E-state index in [9.17, 15) is 27.6 Å². The minimum atomic E-state index is -4.93. The van der Waals surface area contributed by atoms with E-state index >= 15 is 0 Å². The summed E-state index contributed by atoms with van der Waals surface area (Å²) in [5.74, 6) is -2.45. The smallest absolute Gasteiger partial charge is 0.444 e. The van der Waals surface area contributed by atoms with Gasteiger partial charge in [0.25, 0.3) is 0 Å². The number of rotatable bonds is 9. The monoisotopic (exact) mass is 431 g/mol. The lowest BCUT2D eigenvalue weighted by Gasteiger charge is -2.23. The number of carbonyl (C=O) groups excluding carboxylic acids is 3. The number of nitrogens with one attached hydrogen (secondary N) is 3. The zero-order valence-corrected chi connectivity index (χ0v) is 17.3. The van der Waals surface area contributed by atoms with Gasteiger partial charge in [0.1, 0.15) is 11.6 Å². The van der Waals surface area contributed by atoms with Crippen LogP contribution in [0.5, 0.6) is 0 Å². The maximum atomic E-state index is 12.5. The molecule has 10 heteroatoms. The average molecular weight is 431 g/mol. The second kappa shape index (κ2) is 11.4.